The molecule has 1 unspecified atom stereocenters. The molecular formula is C21H24FNO. The van der Waals surface area contributed by atoms with Crippen molar-refractivity contribution in [3.63, 3.8) is 0 Å². The normalized spacial score (nSPS) is 23.9. The lowest BCUT2D eigenvalue weighted by Crippen LogP contribution is -2.42. The summed E-state index contributed by atoms with van der Waals surface area (Å²) in [4.78, 5) is 2.55. The topological polar surface area (TPSA) is 12.5 Å². The molecule has 0 amide bonds. The number of fused-ring (bicyclic) bond motifs is 1. The largest absolute Gasteiger partial charge is 0.489 e. The molecule has 1 fully saturated rings. The summed E-state index contributed by atoms with van der Waals surface area (Å²) in [6, 6.07) is 15.2. The van der Waals surface area contributed by atoms with Gasteiger partial charge < -0.3 is 4.74 Å². The summed E-state index contributed by atoms with van der Waals surface area (Å²) in [5, 5.41) is 0. The Hall–Kier alpha value is -1.87. The first-order valence-electron chi connectivity index (χ1n) is 9.00. The lowest BCUT2D eigenvalue weighted by Gasteiger charge is -2.34. The summed E-state index contributed by atoms with van der Waals surface area (Å²) in [6.45, 7) is 3.25. The van der Waals surface area contributed by atoms with Crippen molar-refractivity contribution < 1.29 is 9.13 Å². The molecule has 2 atom stereocenters. The van der Waals surface area contributed by atoms with E-state index in [2.05, 4.69) is 29.2 Å². The molecule has 0 spiro atoms. The fraction of sp³-hybridized carbons (Fsp3) is 0.429. The predicted octanol–water partition coefficient (Wildman–Crippen LogP) is 4.40. The van der Waals surface area contributed by atoms with E-state index < -0.39 is 0 Å². The monoisotopic (exact) mass is 325 g/mol. The van der Waals surface area contributed by atoms with Crippen LogP contribution in [0.2, 0.25) is 0 Å². The van der Waals surface area contributed by atoms with Crippen LogP contribution >= 0.6 is 0 Å². The van der Waals surface area contributed by atoms with E-state index in [4.69, 9.17) is 4.74 Å². The Kier molecular flexibility index (Phi) is 4.52. The molecule has 0 bridgehead atoms. The standard InChI is InChI=1S/C21H24FNO/c22-18-9-11-19(12-10-18)24-20-5-3-13-23(15-20)14-17-8-7-16-4-1-2-6-21(16)17/h1-2,4,6,9-12,17,20H,3,5,7-8,13-15H2/t17?,20-/m1/s1. The number of hydrogen-bond acceptors (Lipinski definition) is 2. The molecule has 0 aromatic heterocycles. The Morgan fingerprint density at radius 3 is 2.75 bits per heavy atom. The van der Waals surface area contributed by atoms with Crippen LogP contribution in [0.5, 0.6) is 5.75 Å². The molecule has 2 aromatic rings. The first kappa shape index (κ1) is 15.6. The molecular weight excluding hydrogens is 301 g/mol. The average Bonchev–Trinajstić information content (AvgIpc) is 3.01. The van der Waals surface area contributed by atoms with Gasteiger partial charge >= 0.3 is 0 Å². The molecule has 2 aromatic carbocycles. The number of aryl methyl sites for hydroxylation is 1. The lowest BCUT2D eigenvalue weighted by atomic mass is 9.99. The van der Waals surface area contributed by atoms with E-state index in [0.717, 1.165) is 31.8 Å². The van der Waals surface area contributed by atoms with Crippen LogP contribution < -0.4 is 4.74 Å². The zero-order chi connectivity index (χ0) is 16.4. The van der Waals surface area contributed by atoms with Crippen molar-refractivity contribution in [2.45, 2.75) is 37.7 Å². The van der Waals surface area contributed by atoms with Gasteiger partial charge in [0.1, 0.15) is 17.7 Å². The van der Waals surface area contributed by atoms with Crippen LogP contribution in [0.3, 0.4) is 0 Å². The van der Waals surface area contributed by atoms with Crippen molar-refractivity contribution in [3.8, 4) is 5.75 Å². The van der Waals surface area contributed by atoms with E-state index >= 15 is 0 Å². The summed E-state index contributed by atoms with van der Waals surface area (Å²) in [5.74, 6) is 1.22. The summed E-state index contributed by atoms with van der Waals surface area (Å²) >= 11 is 0. The highest BCUT2D eigenvalue weighted by Gasteiger charge is 2.27. The highest BCUT2D eigenvalue weighted by atomic mass is 19.1. The van der Waals surface area contributed by atoms with Crippen molar-refractivity contribution in [2.24, 2.45) is 0 Å². The number of benzene rings is 2. The maximum Gasteiger partial charge on any atom is 0.123 e. The van der Waals surface area contributed by atoms with Crippen LogP contribution in [-0.4, -0.2) is 30.6 Å². The molecule has 1 heterocycles. The molecule has 24 heavy (non-hydrogen) atoms. The molecule has 1 saturated heterocycles. The molecule has 126 valence electrons. The van der Waals surface area contributed by atoms with Crippen molar-refractivity contribution >= 4 is 0 Å². The third kappa shape index (κ3) is 3.46. The van der Waals surface area contributed by atoms with Crippen molar-refractivity contribution in [3.05, 3.63) is 65.5 Å². The molecule has 4 rings (SSSR count). The lowest BCUT2D eigenvalue weighted by molar-refractivity contribution is 0.0846. The van der Waals surface area contributed by atoms with Crippen LogP contribution in [-0.2, 0) is 6.42 Å². The van der Waals surface area contributed by atoms with E-state index in [1.54, 1.807) is 17.7 Å². The van der Waals surface area contributed by atoms with E-state index in [1.165, 1.54) is 37.0 Å². The molecule has 0 radical (unpaired) electrons. The van der Waals surface area contributed by atoms with E-state index in [1.807, 2.05) is 0 Å². The second kappa shape index (κ2) is 6.94. The van der Waals surface area contributed by atoms with Gasteiger partial charge in [-0.1, -0.05) is 24.3 Å². The van der Waals surface area contributed by atoms with Gasteiger partial charge in [0, 0.05) is 13.1 Å². The minimum absolute atomic E-state index is 0.209. The maximum atomic E-state index is 13.0. The summed E-state index contributed by atoms with van der Waals surface area (Å²) in [6.07, 6.45) is 4.93. The van der Waals surface area contributed by atoms with Crippen LogP contribution in [0, 0.1) is 5.82 Å². The van der Waals surface area contributed by atoms with Crippen molar-refractivity contribution in [2.75, 3.05) is 19.6 Å². The minimum Gasteiger partial charge on any atom is -0.489 e. The van der Waals surface area contributed by atoms with Gasteiger partial charge in [0.2, 0.25) is 0 Å². The van der Waals surface area contributed by atoms with Gasteiger partial charge in [-0.15, -0.1) is 0 Å². The van der Waals surface area contributed by atoms with Gasteiger partial charge in [0.25, 0.3) is 0 Å². The third-order valence-corrected chi connectivity index (χ3v) is 5.31. The molecule has 1 aliphatic carbocycles. The number of rotatable bonds is 4. The number of piperidine rings is 1. The Morgan fingerprint density at radius 1 is 1.04 bits per heavy atom. The van der Waals surface area contributed by atoms with E-state index in [9.17, 15) is 4.39 Å². The summed E-state index contributed by atoms with van der Waals surface area (Å²) < 4.78 is 19.1. The van der Waals surface area contributed by atoms with Gasteiger partial charge in [-0.2, -0.15) is 0 Å². The maximum absolute atomic E-state index is 13.0. The number of hydrogen-bond donors (Lipinski definition) is 0. The Labute approximate surface area is 143 Å². The second-order valence-electron chi connectivity index (χ2n) is 7.03. The molecule has 0 saturated carbocycles. The Bertz CT molecular complexity index is 684. The van der Waals surface area contributed by atoms with Crippen LogP contribution in [0.1, 0.15) is 36.3 Å². The zero-order valence-electron chi connectivity index (χ0n) is 14.0. The average molecular weight is 325 g/mol. The third-order valence-electron chi connectivity index (χ3n) is 5.31. The first-order chi connectivity index (χ1) is 11.8. The van der Waals surface area contributed by atoms with Gasteiger partial charge in [-0.3, -0.25) is 4.90 Å². The minimum atomic E-state index is -0.215. The van der Waals surface area contributed by atoms with E-state index in [0.29, 0.717) is 5.92 Å². The zero-order valence-corrected chi connectivity index (χ0v) is 14.0. The highest BCUT2D eigenvalue weighted by molar-refractivity contribution is 5.35. The van der Waals surface area contributed by atoms with E-state index in [-0.39, 0.29) is 11.9 Å². The molecule has 3 heteroatoms. The molecule has 1 aliphatic heterocycles. The van der Waals surface area contributed by atoms with Gasteiger partial charge in [0.15, 0.2) is 0 Å². The fourth-order valence-electron chi connectivity index (χ4n) is 4.13. The second-order valence-corrected chi connectivity index (χ2v) is 7.03. The van der Waals surface area contributed by atoms with Gasteiger partial charge in [-0.25, -0.2) is 4.39 Å². The Balaban J connectivity index is 1.36. The smallest absolute Gasteiger partial charge is 0.123 e. The number of halogens is 1. The van der Waals surface area contributed by atoms with Crippen LogP contribution in [0.15, 0.2) is 48.5 Å². The summed E-state index contributed by atoms with van der Waals surface area (Å²) in [7, 11) is 0. The van der Waals surface area contributed by atoms with Crippen LogP contribution in [0.25, 0.3) is 0 Å². The van der Waals surface area contributed by atoms with Gasteiger partial charge in [-0.05, 0) is 73.5 Å². The first-order valence-corrected chi connectivity index (χ1v) is 9.00. The fourth-order valence-corrected chi connectivity index (χ4v) is 4.13. The number of ether oxygens (including phenoxy) is 1. The SMILES string of the molecule is Fc1ccc(O[C@@H]2CCCN(CC3CCc4ccccc43)C2)cc1. The van der Waals surface area contributed by atoms with Crippen molar-refractivity contribution in [1.29, 1.82) is 0 Å². The van der Waals surface area contributed by atoms with Crippen molar-refractivity contribution in [1.82, 2.24) is 4.90 Å². The predicted molar refractivity (Wildman–Crippen MR) is 94.0 cm³/mol. The molecule has 2 nitrogen and oxygen atoms in total. The van der Waals surface area contributed by atoms with Gasteiger partial charge in [0.05, 0.1) is 0 Å². The van der Waals surface area contributed by atoms with Crippen LogP contribution in [0.4, 0.5) is 4.39 Å². The highest BCUT2D eigenvalue weighted by Crippen LogP contribution is 2.34. The quantitative estimate of drug-likeness (QED) is 0.826. The number of nitrogens with zero attached hydrogens (tertiary/aromatic N) is 1. The molecule has 0 N–H and O–H groups in total. The summed E-state index contributed by atoms with van der Waals surface area (Å²) in [5.41, 5.74) is 3.07. The molecule has 2 aliphatic rings. The number of likely N-dealkylation sites (tertiary alicyclic amines) is 1. The Morgan fingerprint density at radius 2 is 1.88 bits per heavy atom.